The molecule has 1 amide bonds. The van der Waals surface area contributed by atoms with E-state index < -0.39 is 0 Å². The second kappa shape index (κ2) is 5.48. The SMILES string of the molecule is COc1ccc(-c2nsc(NC(=O)[C@@H]3CC3C)c2C)cc1. The van der Waals surface area contributed by atoms with Gasteiger partial charge in [0.1, 0.15) is 10.8 Å². The highest BCUT2D eigenvalue weighted by Gasteiger charge is 2.39. The molecule has 21 heavy (non-hydrogen) atoms. The monoisotopic (exact) mass is 302 g/mol. The molecule has 1 aromatic heterocycles. The maximum Gasteiger partial charge on any atom is 0.228 e. The second-order valence-electron chi connectivity index (χ2n) is 5.52. The minimum absolute atomic E-state index is 0.121. The van der Waals surface area contributed by atoms with Gasteiger partial charge in [0.2, 0.25) is 5.91 Å². The molecule has 0 radical (unpaired) electrons. The number of nitrogens with one attached hydrogen (secondary N) is 1. The predicted octanol–water partition coefficient (Wildman–Crippen LogP) is 3.72. The molecule has 3 rings (SSSR count). The molecule has 1 aliphatic carbocycles. The smallest absolute Gasteiger partial charge is 0.228 e. The van der Waals surface area contributed by atoms with E-state index in [0.717, 1.165) is 34.0 Å². The molecule has 1 saturated carbocycles. The second-order valence-corrected chi connectivity index (χ2v) is 6.30. The van der Waals surface area contributed by atoms with Crippen molar-refractivity contribution in [1.29, 1.82) is 0 Å². The van der Waals surface area contributed by atoms with Gasteiger partial charge in [-0.2, -0.15) is 4.37 Å². The molecule has 1 aromatic carbocycles. The lowest BCUT2D eigenvalue weighted by atomic mass is 10.1. The maximum absolute atomic E-state index is 12.0. The third kappa shape index (κ3) is 2.78. The summed E-state index contributed by atoms with van der Waals surface area (Å²) in [4.78, 5) is 12.0. The molecule has 110 valence electrons. The van der Waals surface area contributed by atoms with Crippen molar-refractivity contribution < 1.29 is 9.53 Å². The number of carbonyl (C=O) groups is 1. The number of rotatable bonds is 4. The highest BCUT2D eigenvalue weighted by atomic mass is 32.1. The number of anilines is 1. The molecule has 2 atom stereocenters. The fourth-order valence-electron chi connectivity index (χ4n) is 2.36. The summed E-state index contributed by atoms with van der Waals surface area (Å²) in [5.41, 5.74) is 2.97. The molecule has 0 saturated heterocycles. The van der Waals surface area contributed by atoms with Crippen LogP contribution in [0.25, 0.3) is 11.3 Å². The van der Waals surface area contributed by atoms with Crippen molar-refractivity contribution in [3.8, 4) is 17.0 Å². The number of hydrogen-bond acceptors (Lipinski definition) is 4. The summed E-state index contributed by atoms with van der Waals surface area (Å²) >= 11 is 1.34. The van der Waals surface area contributed by atoms with Gasteiger partial charge in [-0.15, -0.1) is 0 Å². The summed E-state index contributed by atoms with van der Waals surface area (Å²) in [6.45, 7) is 4.10. The van der Waals surface area contributed by atoms with E-state index in [1.807, 2.05) is 31.2 Å². The minimum Gasteiger partial charge on any atom is -0.497 e. The molecule has 1 unspecified atom stereocenters. The van der Waals surface area contributed by atoms with Crippen LogP contribution in [0, 0.1) is 18.8 Å². The Labute approximate surface area is 128 Å². The Hall–Kier alpha value is -1.88. The van der Waals surface area contributed by atoms with Crippen LogP contribution in [0.15, 0.2) is 24.3 Å². The molecule has 1 fully saturated rings. The van der Waals surface area contributed by atoms with Crippen molar-refractivity contribution in [2.45, 2.75) is 20.3 Å². The van der Waals surface area contributed by atoms with Crippen LogP contribution in [-0.2, 0) is 4.79 Å². The number of hydrogen-bond donors (Lipinski definition) is 1. The Bertz CT molecular complexity index is 663. The third-order valence-corrected chi connectivity index (χ3v) is 4.84. The van der Waals surface area contributed by atoms with E-state index in [1.165, 1.54) is 11.5 Å². The quantitative estimate of drug-likeness (QED) is 0.936. The van der Waals surface area contributed by atoms with E-state index in [9.17, 15) is 4.79 Å². The first-order chi connectivity index (χ1) is 10.1. The van der Waals surface area contributed by atoms with Gasteiger partial charge in [0.15, 0.2) is 0 Å². The summed E-state index contributed by atoms with van der Waals surface area (Å²) in [5.74, 6) is 1.63. The van der Waals surface area contributed by atoms with Gasteiger partial charge in [-0.3, -0.25) is 4.79 Å². The molecule has 5 heteroatoms. The highest BCUT2D eigenvalue weighted by Crippen LogP contribution is 2.40. The zero-order chi connectivity index (χ0) is 15.0. The van der Waals surface area contributed by atoms with Gasteiger partial charge in [0.05, 0.1) is 12.8 Å². The minimum atomic E-state index is 0.121. The summed E-state index contributed by atoms with van der Waals surface area (Å²) in [5, 5.41) is 3.86. The average Bonchev–Trinajstić information content (AvgIpc) is 3.13. The van der Waals surface area contributed by atoms with Crippen molar-refractivity contribution in [2.75, 3.05) is 12.4 Å². The van der Waals surface area contributed by atoms with Crippen LogP contribution in [0.5, 0.6) is 5.75 Å². The summed E-state index contributed by atoms with van der Waals surface area (Å²) in [6, 6.07) is 7.79. The number of benzene rings is 1. The number of aromatic nitrogens is 1. The lowest BCUT2D eigenvalue weighted by molar-refractivity contribution is -0.117. The van der Waals surface area contributed by atoms with Crippen molar-refractivity contribution in [1.82, 2.24) is 4.37 Å². The molecule has 4 nitrogen and oxygen atoms in total. The molecule has 0 spiro atoms. The standard InChI is InChI=1S/C16H18N2O2S/c1-9-8-13(9)15(19)17-16-10(2)14(18-21-16)11-4-6-12(20-3)7-5-11/h4-7,9,13H,8H2,1-3H3,(H,17,19)/t9?,13-/m1/s1. The molecule has 0 aliphatic heterocycles. The van der Waals surface area contributed by atoms with Crippen LogP contribution in [-0.4, -0.2) is 17.4 Å². The first kappa shape index (κ1) is 14.1. The topological polar surface area (TPSA) is 51.2 Å². The molecule has 1 aliphatic rings. The van der Waals surface area contributed by atoms with E-state index in [-0.39, 0.29) is 11.8 Å². The van der Waals surface area contributed by atoms with Gasteiger partial charge in [-0.25, -0.2) is 0 Å². The zero-order valence-electron chi connectivity index (χ0n) is 12.3. The van der Waals surface area contributed by atoms with Crippen LogP contribution < -0.4 is 10.1 Å². The molecular formula is C16H18N2O2S. The van der Waals surface area contributed by atoms with E-state index in [2.05, 4.69) is 16.6 Å². The molecular weight excluding hydrogens is 284 g/mol. The van der Waals surface area contributed by atoms with Gasteiger partial charge in [0, 0.05) is 17.0 Å². The Morgan fingerprint density at radius 2 is 2.05 bits per heavy atom. The van der Waals surface area contributed by atoms with Crippen LogP contribution >= 0.6 is 11.5 Å². The van der Waals surface area contributed by atoms with Crippen molar-refractivity contribution >= 4 is 22.4 Å². The van der Waals surface area contributed by atoms with Crippen molar-refractivity contribution in [2.24, 2.45) is 11.8 Å². The highest BCUT2D eigenvalue weighted by molar-refractivity contribution is 7.10. The Morgan fingerprint density at radius 1 is 1.38 bits per heavy atom. The lowest BCUT2D eigenvalue weighted by Gasteiger charge is -2.04. The molecule has 0 bridgehead atoms. The summed E-state index contributed by atoms with van der Waals surface area (Å²) in [7, 11) is 1.65. The number of amides is 1. The fourth-order valence-corrected chi connectivity index (χ4v) is 3.17. The van der Waals surface area contributed by atoms with E-state index in [1.54, 1.807) is 7.11 Å². The summed E-state index contributed by atoms with van der Waals surface area (Å²) in [6.07, 6.45) is 0.995. The lowest BCUT2D eigenvalue weighted by Crippen LogP contribution is -2.14. The van der Waals surface area contributed by atoms with Gasteiger partial charge in [-0.1, -0.05) is 6.92 Å². The Morgan fingerprint density at radius 3 is 2.62 bits per heavy atom. The van der Waals surface area contributed by atoms with Crippen LogP contribution in [0.3, 0.4) is 0 Å². The predicted molar refractivity (Wildman–Crippen MR) is 84.7 cm³/mol. The maximum atomic E-state index is 12.0. The molecule has 2 aromatic rings. The zero-order valence-corrected chi connectivity index (χ0v) is 13.2. The molecule has 1 heterocycles. The van der Waals surface area contributed by atoms with Crippen LogP contribution in [0.1, 0.15) is 18.9 Å². The van der Waals surface area contributed by atoms with Gasteiger partial charge in [0.25, 0.3) is 0 Å². The largest absolute Gasteiger partial charge is 0.497 e. The van der Waals surface area contributed by atoms with Crippen LogP contribution in [0.2, 0.25) is 0 Å². The van der Waals surface area contributed by atoms with Gasteiger partial charge in [-0.05, 0) is 55.1 Å². The number of ether oxygens (including phenoxy) is 1. The number of methoxy groups -OCH3 is 1. The first-order valence-electron chi connectivity index (χ1n) is 7.01. The summed E-state index contributed by atoms with van der Waals surface area (Å²) < 4.78 is 9.64. The van der Waals surface area contributed by atoms with E-state index in [4.69, 9.17) is 4.74 Å². The number of carbonyl (C=O) groups excluding carboxylic acids is 1. The Balaban J connectivity index is 1.79. The van der Waals surface area contributed by atoms with E-state index in [0.29, 0.717) is 5.92 Å². The van der Waals surface area contributed by atoms with Gasteiger partial charge < -0.3 is 10.1 Å². The third-order valence-electron chi connectivity index (χ3n) is 3.97. The normalized spacial score (nSPS) is 20.1. The first-order valence-corrected chi connectivity index (χ1v) is 7.79. The van der Waals surface area contributed by atoms with Crippen LogP contribution in [0.4, 0.5) is 5.00 Å². The Kier molecular flexibility index (Phi) is 3.68. The fraction of sp³-hybridized carbons (Fsp3) is 0.375. The average molecular weight is 302 g/mol. The molecule has 1 N–H and O–H groups in total. The van der Waals surface area contributed by atoms with E-state index >= 15 is 0 Å². The van der Waals surface area contributed by atoms with Crippen molar-refractivity contribution in [3.63, 3.8) is 0 Å². The number of nitrogens with zero attached hydrogens (tertiary/aromatic N) is 1. The van der Waals surface area contributed by atoms with Crippen molar-refractivity contribution in [3.05, 3.63) is 29.8 Å². The van der Waals surface area contributed by atoms with Gasteiger partial charge >= 0.3 is 0 Å².